The fraction of sp³-hybridized carbons (Fsp3) is 0.261. The topological polar surface area (TPSA) is 78.9 Å². The smallest absolute Gasteiger partial charge is 0.221 e. The fourth-order valence-corrected chi connectivity index (χ4v) is 2.83. The number of carbonyl (C=O) groups is 1. The maximum absolute atomic E-state index is 11.3. The van der Waals surface area contributed by atoms with Gasteiger partial charge in [0.05, 0.1) is 0 Å². The molecule has 0 spiro atoms. The summed E-state index contributed by atoms with van der Waals surface area (Å²) in [4.78, 5) is 20.7. The van der Waals surface area contributed by atoms with Gasteiger partial charge in [-0.15, -0.1) is 0 Å². The van der Waals surface area contributed by atoms with Crippen LogP contribution in [-0.2, 0) is 4.79 Å². The van der Waals surface area contributed by atoms with Gasteiger partial charge < -0.3 is 16.0 Å². The van der Waals surface area contributed by atoms with Crippen molar-refractivity contribution in [1.29, 1.82) is 0 Å². The number of nitrogens with one attached hydrogen (secondary N) is 3. The van der Waals surface area contributed by atoms with Crippen molar-refractivity contribution in [2.45, 2.75) is 27.2 Å². The van der Waals surface area contributed by atoms with Gasteiger partial charge in [-0.1, -0.05) is 50.2 Å². The molecule has 0 aliphatic rings. The van der Waals surface area contributed by atoms with E-state index < -0.39 is 0 Å². The van der Waals surface area contributed by atoms with Gasteiger partial charge in [0.2, 0.25) is 5.91 Å². The van der Waals surface area contributed by atoms with Gasteiger partial charge in [-0.3, -0.25) is 4.79 Å². The quantitative estimate of drug-likeness (QED) is 0.487. The monoisotopic (exact) mass is 389 g/mol. The first-order valence-corrected chi connectivity index (χ1v) is 9.82. The van der Waals surface area contributed by atoms with Crippen molar-refractivity contribution in [1.82, 2.24) is 9.97 Å². The molecule has 1 heterocycles. The molecule has 2 aromatic carbocycles. The van der Waals surface area contributed by atoms with E-state index in [1.54, 1.807) is 0 Å². The van der Waals surface area contributed by atoms with Crippen LogP contribution in [0.4, 0.5) is 23.0 Å². The summed E-state index contributed by atoms with van der Waals surface area (Å²) in [5.41, 5.74) is 2.52. The first-order chi connectivity index (χ1) is 14.0. The molecule has 0 aliphatic carbocycles. The molecule has 0 saturated heterocycles. The lowest BCUT2D eigenvalue weighted by Crippen LogP contribution is -2.08. The van der Waals surface area contributed by atoms with E-state index in [2.05, 4.69) is 39.8 Å². The molecule has 0 saturated carbocycles. The van der Waals surface area contributed by atoms with E-state index >= 15 is 0 Å². The zero-order valence-electron chi connectivity index (χ0n) is 17.1. The van der Waals surface area contributed by atoms with Gasteiger partial charge in [-0.25, -0.2) is 9.97 Å². The summed E-state index contributed by atoms with van der Waals surface area (Å²) < 4.78 is 0. The summed E-state index contributed by atoms with van der Waals surface area (Å²) in [6.07, 6.45) is 1.06. The Hall–Kier alpha value is -3.41. The fourth-order valence-electron chi connectivity index (χ4n) is 2.83. The molecule has 3 rings (SSSR count). The van der Waals surface area contributed by atoms with E-state index in [4.69, 9.17) is 0 Å². The van der Waals surface area contributed by atoms with Gasteiger partial charge in [0.25, 0.3) is 0 Å². The third kappa shape index (κ3) is 6.31. The van der Waals surface area contributed by atoms with Gasteiger partial charge in [-0.05, 0) is 30.5 Å². The van der Waals surface area contributed by atoms with E-state index in [0.717, 1.165) is 35.7 Å². The minimum absolute atomic E-state index is 0.104. The van der Waals surface area contributed by atoms with Crippen LogP contribution in [0, 0.1) is 5.92 Å². The number of benzene rings is 2. The second kappa shape index (κ2) is 9.68. The van der Waals surface area contributed by atoms with Gasteiger partial charge in [-0.2, -0.15) is 0 Å². The van der Waals surface area contributed by atoms with Crippen molar-refractivity contribution < 1.29 is 4.79 Å². The minimum atomic E-state index is -0.104. The first kappa shape index (κ1) is 20.3. The summed E-state index contributed by atoms with van der Waals surface area (Å²) in [6, 6.07) is 19.3. The molecule has 1 aromatic heterocycles. The predicted molar refractivity (Wildman–Crippen MR) is 119 cm³/mol. The van der Waals surface area contributed by atoms with Gasteiger partial charge in [0.1, 0.15) is 11.6 Å². The number of nitrogens with zero attached hydrogens (tertiary/aromatic N) is 2. The average molecular weight is 390 g/mol. The molecule has 6 heteroatoms. The molecule has 1 amide bonds. The number of hydrogen-bond donors (Lipinski definition) is 3. The highest BCUT2D eigenvalue weighted by atomic mass is 16.1. The first-order valence-electron chi connectivity index (χ1n) is 9.82. The number of anilines is 4. The molecule has 0 bridgehead atoms. The Morgan fingerprint density at radius 1 is 0.931 bits per heavy atom. The summed E-state index contributed by atoms with van der Waals surface area (Å²) >= 11 is 0. The lowest BCUT2D eigenvalue weighted by molar-refractivity contribution is -0.114. The largest absolute Gasteiger partial charge is 0.370 e. The number of hydrogen-bond acceptors (Lipinski definition) is 5. The summed E-state index contributed by atoms with van der Waals surface area (Å²) in [5.74, 6) is 2.63. The maximum atomic E-state index is 11.3. The molecule has 0 radical (unpaired) electrons. The minimum Gasteiger partial charge on any atom is -0.370 e. The van der Waals surface area contributed by atoms with Crippen LogP contribution in [0.5, 0.6) is 0 Å². The summed E-state index contributed by atoms with van der Waals surface area (Å²) in [5, 5.41) is 9.52. The number of rotatable bonds is 8. The molecule has 3 aromatic rings. The van der Waals surface area contributed by atoms with Crippen molar-refractivity contribution in [3.63, 3.8) is 0 Å². The summed E-state index contributed by atoms with van der Waals surface area (Å²) in [7, 11) is 0. The molecule has 0 unspecified atom stereocenters. The van der Waals surface area contributed by atoms with Crippen molar-refractivity contribution in [3.8, 4) is 11.4 Å². The highest BCUT2D eigenvalue weighted by Gasteiger charge is 2.08. The van der Waals surface area contributed by atoms with Crippen LogP contribution < -0.4 is 16.0 Å². The van der Waals surface area contributed by atoms with Gasteiger partial charge in [0, 0.05) is 36.5 Å². The van der Waals surface area contributed by atoms with Crippen LogP contribution in [-0.4, -0.2) is 22.4 Å². The zero-order chi connectivity index (χ0) is 20.6. The second-order valence-electron chi connectivity index (χ2n) is 7.32. The SMILES string of the molecule is CC(=O)Nc1cccc(Nc2cc(NCCC(C)C)nc(-c3ccccc3)n2)c1. The van der Waals surface area contributed by atoms with Gasteiger partial charge in [0.15, 0.2) is 5.82 Å². The Bertz CT molecular complexity index is 956. The maximum Gasteiger partial charge on any atom is 0.221 e. The van der Waals surface area contributed by atoms with Crippen LogP contribution >= 0.6 is 0 Å². The normalized spacial score (nSPS) is 10.6. The highest BCUT2D eigenvalue weighted by Crippen LogP contribution is 2.24. The molecular formula is C23H27N5O. The Balaban J connectivity index is 1.87. The van der Waals surface area contributed by atoms with Gasteiger partial charge >= 0.3 is 0 Å². The molecule has 0 fully saturated rings. The molecule has 29 heavy (non-hydrogen) atoms. The van der Waals surface area contributed by atoms with Crippen molar-refractivity contribution in [3.05, 3.63) is 60.7 Å². The third-order valence-corrected chi connectivity index (χ3v) is 4.24. The van der Waals surface area contributed by atoms with Crippen molar-refractivity contribution in [2.75, 3.05) is 22.5 Å². The van der Waals surface area contributed by atoms with Crippen LogP contribution in [0.2, 0.25) is 0 Å². The predicted octanol–water partition coefficient (Wildman–Crippen LogP) is 5.30. The Kier molecular flexibility index (Phi) is 6.79. The van der Waals surface area contributed by atoms with E-state index in [1.807, 2.05) is 60.7 Å². The lowest BCUT2D eigenvalue weighted by Gasteiger charge is -2.13. The molecule has 150 valence electrons. The van der Waals surface area contributed by atoms with Crippen molar-refractivity contribution >= 4 is 28.9 Å². The van der Waals surface area contributed by atoms with Crippen LogP contribution in [0.3, 0.4) is 0 Å². The molecule has 3 N–H and O–H groups in total. The molecule has 6 nitrogen and oxygen atoms in total. The molecule has 0 aliphatic heterocycles. The van der Waals surface area contributed by atoms with E-state index in [9.17, 15) is 4.79 Å². The second-order valence-corrected chi connectivity index (χ2v) is 7.32. The number of carbonyl (C=O) groups excluding carboxylic acids is 1. The van der Waals surface area contributed by atoms with Crippen LogP contribution in [0.15, 0.2) is 60.7 Å². The average Bonchev–Trinajstić information content (AvgIpc) is 2.68. The lowest BCUT2D eigenvalue weighted by atomic mass is 10.1. The van der Waals surface area contributed by atoms with Crippen molar-refractivity contribution in [2.24, 2.45) is 5.92 Å². The molecular weight excluding hydrogens is 362 g/mol. The van der Waals surface area contributed by atoms with E-state index in [1.165, 1.54) is 6.92 Å². The van der Waals surface area contributed by atoms with Crippen LogP contribution in [0.1, 0.15) is 27.2 Å². The number of amides is 1. The van der Waals surface area contributed by atoms with Crippen LogP contribution in [0.25, 0.3) is 11.4 Å². The van der Waals surface area contributed by atoms with E-state index in [0.29, 0.717) is 17.6 Å². The number of aromatic nitrogens is 2. The molecule has 0 atom stereocenters. The Morgan fingerprint density at radius 2 is 1.66 bits per heavy atom. The standard InChI is InChI=1S/C23H27N5O/c1-16(2)12-13-24-21-15-22(28-23(27-21)18-8-5-4-6-9-18)26-20-11-7-10-19(14-20)25-17(3)29/h4-11,14-16H,12-13H2,1-3H3,(H,25,29)(H2,24,26,27,28). The Labute approximate surface area is 171 Å². The zero-order valence-corrected chi connectivity index (χ0v) is 17.1. The Morgan fingerprint density at radius 3 is 2.38 bits per heavy atom. The highest BCUT2D eigenvalue weighted by molar-refractivity contribution is 5.89. The third-order valence-electron chi connectivity index (χ3n) is 4.24. The van der Waals surface area contributed by atoms with E-state index in [-0.39, 0.29) is 5.91 Å². The summed E-state index contributed by atoms with van der Waals surface area (Å²) in [6.45, 7) is 6.74.